The van der Waals surface area contributed by atoms with E-state index in [0.717, 1.165) is 5.56 Å². The van der Waals surface area contributed by atoms with E-state index in [-0.39, 0.29) is 5.56 Å². The molecule has 2 aromatic heterocycles. The molecule has 6 nitrogen and oxygen atoms in total. The van der Waals surface area contributed by atoms with E-state index in [4.69, 9.17) is 17.3 Å². The molecule has 3 rings (SSSR count). The summed E-state index contributed by atoms with van der Waals surface area (Å²) in [4.78, 5) is 12.3. The van der Waals surface area contributed by atoms with Gasteiger partial charge in [-0.3, -0.25) is 4.79 Å². The summed E-state index contributed by atoms with van der Waals surface area (Å²) in [5.74, 6) is 0.333. The second kappa shape index (κ2) is 6.18. The van der Waals surface area contributed by atoms with Gasteiger partial charge in [0.05, 0.1) is 6.54 Å². The predicted octanol–water partition coefficient (Wildman–Crippen LogP) is 2.29. The summed E-state index contributed by atoms with van der Waals surface area (Å²) in [6.45, 7) is 2.10. The van der Waals surface area contributed by atoms with Crippen molar-refractivity contribution in [1.29, 1.82) is 0 Å². The molecular weight excluding hydrogens is 314 g/mol. The number of aromatic nitrogens is 4. The topological polar surface area (TPSA) is 86.7 Å². The number of hydrogen-bond acceptors (Lipinski definition) is 5. The molecule has 0 saturated heterocycles. The van der Waals surface area contributed by atoms with E-state index >= 15 is 0 Å². The minimum Gasteiger partial charge on any atom is -0.382 e. The highest BCUT2D eigenvalue weighted by molar-refractivity contribution is 6.30. The van der Waals surface area contributed by atoms with Crippen LogP contribution in [0, 0.1) is 6.92 Å². The van der Waals surface area contributed by atoms with Gasteiger partial charge in [0.1, 0.15) is 17.2 Å². The fraction of sp³-hybridized carbons (Fsp3) is 0.125. The van der Waals surface area contributed by atoms with Gasteiger partial charge in [0, 0.05) is 10.6 Å². The Morgan fingerprint density at radius 3 is 2.48 bits per heavy atom. The Morgan fingerprint density at radius 1 is 1.09 bits per heavy atom. The van der Waals surface area contributed by atoms with Crippen LogP contribution in [0.5, 0.6) is 0 Å². The van der Waals surface area contributed by atoms with Gasteiger partial charge < -0.3 is 5.73 Å². The normalized spacial score (nSPS) is 10.7. The third-order valence-corrected chi connectivity index (χ3v) is 3.60. The first-order valence-corrected chi connectivity index (χ1v) is 7.33. The molecule has 0 aliphatic carbocycles. The lowest BCUT2D eigenvalue weighted by Crippen LogP contribution is -2.26. The second-order valence-electron chi connectivity index (χ2n) is 5.15. The molecule has 0 atom stereocenters. The molecule has 7 heteroatoms. The van der Waals surface area contributed by atoms with E-state index in [0.29, 0.717) is 34.3 Å². The van der Waals surface area contributed by atoms with Gasteiger partial charge in [0.25, 0.3) is 5.56 Å². The van der Waals surface area contributed by atoms with Crippen molar-refractivity contribution in [3.8, 4) is 11.4 Å². The Kier molecular flexibility index (Phi) is 4.08. The number of aryl methyl sites for hydroxylation is 1. The van der Waals surface area contributed by atoms with Crippen LogP contribution in [0.4, 0.5) is 5.82 Å². The summed E-state index contributed by atoms with van der Waals surface area (Å²) in [7, 11) is 0. The Labute approximate surface area is 137 Å². The van der Waals surface area contributed by atoms with Crippen LogP contribution in [0.2, 0.25) is 5.02 Å². The summed E-state index contributed by atoms with van der Waals surface area (Å²) >= 11 is 5.88. The Morgan fingerprint density at radius 2 is 1.83 bits per heavy atom. The Hall–Kier alpha value is -2.73. The molecule has 0 aliphatic rings. The third-order valence-electron chi connectivity index (χ3n) is 3.35. The number of benzene rings is 1. The van der Waals surface area contributed by atoms with Crippen LogP contribution >= 0.6 is 11.6 Å². The van der Waals surface area contributed by atoms with Gasteiger partial charge in [-0.1, -0.05) is 23.7 Å². The summed E-state index contributed by atoms with van der Waals surface area (Å²) in [5, 5.41) is 12.9. The summed E-state index contributed by atoms with van der Waals surface area (Å²) in [6, 6.07) is 12.4. The number of nitrogens with zero attached hydrogens (tertiary/aromatic N) is 4. The van der Waals surface area contributed by atoms with Crippen LogP contribution in [-0.4, -0.2) is 20.0 Å². The molecule has 0 fully saturated rings. The number of rotatable bonds is 3. The zero-order chi connectivity index (χ0) is 16.4. The van der Waals surface area contributed by atoms with Crippen molar-refractivity contribution in [2.75, 3.05) is 5.73 Å². The first-order chi connectivity index (χ1) is 11.0. The predicted molar refractivity (Wildman–Crippen MR) is 89.2 cm³/mol. The van der Waals surface area contributed by atoms with Crippen LogP contribution < -0.4 is 11.3 Å². The number of nitrogens with two attached hydrogens (primary N) is 1. The molecule has 0 aliphatic heterocycles. The van der Waals surface area contributed by atoms with Crippen molar-refractivity contribution in [1.82, 2.24) is 20.0 Å². The maximum atomic E-state index is 12.3. The van der Waals surface area contributed by atoms with Gasteiger partial charge >= 0.3 is 0 Å². The molecule has 2 N–H and O–H groups in total. The standard InChI is InChI=1S/C16H14ClN5O/c1-10-8-14(13-6-7-15(18)20-19-13)21-22(16(10)23)9-11-2-4-12(17)5-3-11/h2-8H,9H2,1H3,(H2,18,20). The lowest BCUT2D eigenvalue weighted by atomic mass is 10.2. The molecule has 1 aromatic carbocycles. The van der Waals surface area contributed by atoms with Gasteiger partial charge in [0.15, 0.2) is 0 Å². The van der Waals surface area contributed by atoms with Crippen LogP contribution in [0.25, 0.3) is 11.4 Å². The zero-order valence-corrected chi connectivity index (χ0v) is 13.2. The average molecular weight is 328 g/mol. The van der Waals surface area contributed by atoms with Crippen molar-refractivity contribution >= 4 is 17.4 Å². The van der Waals surface area contributed by atoms with Crippen molar-refractivity contribution in [2.45, 2.75) is 13.5 Å². The highest BCUT2D eigenvalue weighted by atomic mass is 35.5. The van der Waals surface area contributed by atoms with E-state index in [1.807, 2.05) is 12.1 Å². The van der Waals surface area contributed by atoms with E-state index in [1.54, 1.807) is 37.3 Å². The van der Waals surface area contributed by atoms with Crippen molar-refractivity contribution < 1.29 is 0 Å². The fourth-order valence-electron chi connectivity index (χ4n) is 2.15. The van der Waals surface area contributed by atoms with Crippen LogP contribution in [0.15, 0.2) is 47.3 Å². The van der Waals surface area contributed by atoms with Crippen LogP contribution in [-0.2, 0) is 6.54 Å². The molecule has 23 heavy (non-hydrogen) atoms. The van der Waals surface area contributed by atoms with Crippen molar-refractivity contribution in [3.05, 3.63) is 69.0 Å². The molecule has 3 aromatic rings. The minimum absolute atomic E-state index is 0.146. The van der Waals surface area contributed by atoms with E-state index in [2.05, 4.69) is 15.3 Å². The Bertz CT molecular complexity index is 888. The van der Waals surface area contributed by atoms with Gasteiger partial charge in [0.2, 0.25) is 0 Å². The van der Waals surface area contributed by atoms with E-state index in [9.17, 15) is 4.79 Å². The summed E-state index contributed by atoms with van der Waals surface area (Å²) in [6.07, 6.45) is 0. The van der Waals surface area contributed by atoms with Crippen molar-refractivity contribution in [2.24, 2.45) is 0 Å². The smallest absolute Gasteiger partial charge is 0.270 e. The lowest BCUT2D eigenvalue weighted by molar-refractivity contribution is 0.636. The molecule has 2 heterocycles. The average Bonchev–Trinajstić information content (AvgIpc) is 2.54. The zero-order valence-electron chi connectivity index (χ0n) is 12.4. The van der Waals surface area contributed by atoms with Crippen LogP contribution in [0.1, 0.15) is 11.1 Å². The molecule has 116 valence electrons. The van der Waals surface area contributed by atoms with Crippen molar-refractivity contribution in [3.63, 3.8) is 0 Å². The number of hydrogen-bond donors (Lipinski definition) is 1. The monoisotopic (exact) mass is 327 g/mol. The minimum atomic E-state index is -0.146. The van der Waals surface area contributed by atoms with Gasteiger partial charge in [-0.05, 0) is 42.8 Å². The fourth-order valence-corrected chi connectivity index (χ4v) is 2.27. The highest BCUT2D eigenvalue weighted by Gasteiger charge is 2.09. The largest absolute Gasteiger partial charge is 0.382 e. The molecule has 0 bridgehead atoms. The summed E-state index contributed by atoms with van der Waals surface area (Å²) in [5.41, 5.74) is 8.05. The number of anilines is 1. The highest BCUT2D eigenvalue weighted by Crippen LogP contribution is 2.14. The van der Waals surface area contributed by atoms with E-state index in [1.165, 1.54) is 4.68 Å². The molecule has 0 spiro atoms. The second-order valence-corrected chi connectivity index (χ2v) is 5.58. The first-order valence-electron chi connectivity index (χ1n) is 6.96. The summed E-state index contributed by atoms with van der Waals surface area (Å²) < 4.78 is 1.41. The lowest BCUT2D eigenvalue weighted by Gasteiger charge is -2.09. The quantitative estimate of drug-likeness (QED) is 0.797. The number of halogens is 1. The molecule has 0 amide bonds. The molecule has 0 saturated carbocycles. The maximum absolute atomic E-state index is 12.3. The molecule has 0 unspecified atom stereocenters. The number of nitrogen functional groups attached to an aromatic ring is 1. The van der Waals surface area contributed by atoms with Gasteiger partial charge in [-0.15, -0.1) is 10.2 Å². The van der Waals surface area contributed by atoms with Gasteiger partial charge in [-0.25, -0.2) is 4.68 Å². The maximum Gasteiger partial charge on any atom is 0.270 e. The molecule has 0 radical (unpaired) electrons. The van der Waals surface area contributed by atoms with Crippen LogP contribution in [0.3, 0.4) is 0 Å². The first kappa shape index (κ1) is 15.2. The van der Waals surface area contributed by atoms with Gasteiger partial charge in [-0.2, -0.15) is 5.10 Å². The molecular formula is C16H14ClN5O. The SMILES string of the molecule is Cc1cc(-c2ccc(N)nn2)nn(Cc2ccc(Cl)cc2)c1=O. The Balaban J connectivity index is 2.01. The third kappa shape index (κ3) is 3.37. The van der Waals surface area contributed by atoms with E-state index < -0.39 is 0 Å².